The molecule has 3 nitrogen and oxygen atoms in total. The molecule has 17 heavy (non-hydrogen) atoms. The summed E-state index contributed by atoms with van der Waals surface area (Å²) in [5.41, 5.74) is 9.66. The number of hydrogen-bond acceptors (Lipinski definition) is 3. The van der Waals surface area contributed by atoms with Crippen molar-refractivity contribution in [2.24, 2.45) is 0 Å². The third-order valence-electron chi connectivity index (χ3n) is 3.26. The number of aryl methyl sites for hydroxylation is 1. The van der Waals surface area contributed by atoms with Crippen molar-refractivity contribution >= 4 is 11.4 Å². The molecule has 0 aromatic heterocycles. The van der Waals surface area contributed by atoms with E-state index in [1.165, 1.54) is 17.7 Å². The number of ether oxygens (including phenoxy) is 1. The second-order valence-corrected chi connectivity index (χ2v) is 4.50. The molecule has 0 amide bonds. The highest BCUT2D eigenvalue weighted by Gasteiger charge is 2.18. The largest absolute Gasteiger partial charge is 0.397 e. The molecule has 2 N–H and O–H groups in total. The summed E-state index contributed by atoms with van der Waals surface area (Å²) < 4.78 is 5.38. The van der Waals surface area contributed by atoms with E-state index in [0.29, 0.717) is 0 Å². The monoisotopic (exact) mass is 234 g/mol. The van der Waals surface area contributed by atoms with Gasteiger partial charge in [-0.25, -0.2) is 0 Å². The molecule has 0 fully saturated rings. The van der Waals surface area contributed by atoms with Gasteiger partial charge >= 0.3 is 0 Å². The Bertz CT molecular complexity index is 365. The molecular weight excluding hydrogens is 212 g/mol. The predicted molar refractivity (Wildman–Crippen MR) is 72.5 cm³/mol. The van der Waals surface area contributed by atoms with Crippen molar-refractivity contribution in [3.63, 3.8) is 0 Å². The van der Waals surface area contributed by atoms with E-state index < -0.39 is 0 Å². The van der Waals surface area contributed by atoms with E-state index in [4.69, 9.17) is 10.5 Å². The molecule has 94 valence electrons. The van der Waals surface area contributed by atoms with Crippen molar-refractivity contribution in [2.75, 3.05) is 36.9 Å². The van der Waals surface area contributed by atoms with Crippen molar-refractivity contribution in [1.29, 1.82) is 0 Å². The fourth-order valence-electron chi connectivity index (χ4n) is 2.50. The Morgan fingerprint density at radius 3 is 3.12 bits per heavy atom. The van der Waals surface area contributed by atoms with Crippen LogP contribution < -0.4 is 10.6 Å². The van der Waals surface area contributed by atoms with E-state index in [1.807, 2.05) is 13.0 Å². The Kier molecular flexibility index (Phi) is 4.26. The van der Waals surface area contributed by atoms with Gasteiger partial charge in [0.15, 0.2) is 0 Å². The average Bonchev–Trinajstić information content (AvgIpc) is 2.35. The van der Waals surface area contributed by atoms with Crippen LogP contribution in [0.5, 0.6) is 0 Å². The molecule has 0 radical (unpaired) electrons. The van der Waals surface area contributed by atoms with Gasteiger partial charge < -0.3 is 15.4 Å². The quantitative estimate of drug-likeness (QED) is 0.628. The fraction of sp³-hybridized carbons (Fsp3) is 0.571. The first kappa shape index (κ1) is 12.2. The van der Waals surface area contributed by atoms with Gasteiger partial charge in [-0.1, -0.05) is 12.1 Å². The molecule has 0 saturated carbocycles. The molecule has 0 bridgehead atoms. The van der Waals surface area contributed by atoms with Crippen LogP contribution in [-0.4, -0.2) is 26.3 Å². The Balaban J connectivity index is 2.01. The van der Waals surface area contributed by atoms with Crippen LogP contribution in [0.4, 0.5) is 11.4 Å². The van der Waals surface area contributed by atoms with Crippen LogP contribution in [0.3, 0.4) is 0 Å². The minimum atomic E-state index is 0.804. The highest BCUT2D eigenvalue weighted by atomic mass is 16.5. The molecule has 2 rings (SSSR count). The second kappa shape index (κ2) is 5.92. The smallest absolute Gasteiger partial charge is 0.0632 e. The van der Waals surface area contributed by atoms with E-state index in [0.717, 1.165) is 44.8 Å². The van der Waals surface area contributed by atoms with Crippen LogP contribution in [0.1, 0.15) is 25.3 Å². The summed E-state index contributed by atoms with van der Waals surface area (Å²) in [6.45, 7) is 5.84. The molecule has 1 heterocycles. The number of fused-ring (bicyclic) bond motifs is 1. The van der Waals surface area contributed by atoms with Gasteiger partial charge in [0.05, 0.1) is 11.4 Å². The summed E-state index contributed by atoms with van der Waals surface area (Å²) in [4.78, 5) is 2.41. The van der Waals surface area contributed by atoms with Crippen LogP contribution in [0, 0.1) is 0 Å². The maximum atomic E-state index is 6.09. The van der Waals surface area contributed by atoms with Gasteiger partial charge in [0, 0.05) is 26.3 Å². The highest BCUT2D eigenvalue weighted by Crippen LogP contribution is 2.32. The third kappa shape index (κ3) is 2.91. The first-order chi connectivity index (χ1) is 8.33. The summed E-state index contributed by atoms with van der Waals surface area (Å²) in [6.07, 6.45) is 3.45. The number of nitrogens with zero attached hydrogens (tertiary/aromatic N) is 1. The van der Waals surface area contributed by atoms with Gasteiger partial charge in [0.2, 0.25) is 0 Å². The number of benzene rings is 1. The van der Waals surface area contributed by atoms with Gasteiger partial charge in [-0.3, -0.25) is 0 Å². The Morgan fingerprint density at radius 1 is 1.41 bits per heavy atom. The first-order valence-electron chi connectivity index (χ1n) is 6.53. The maximum absolute atomic E-state index is 6.09. The standard InChI is InChI=1S/C14H22N2O/c1-2-17-11-5-10-16-9-4-7-12-6-3-8-13(15)14(12)16/h3,6,8H,2,4-5,7,9-11,15H2,1H3. The Hall–Kier alpha value is -1.22. The van der Waals surface area contributed by atoms with Crippen molar-refractivity contribution in [3.05, 3.63) is 23.8 Å². The summed E-state index contributed by atoms with van der Waals surface area (Å²) in [5.74, 6) is 0. The lowest BCUT2D eigenvalue weighted by Crippen LogP contribution is -2.31. The first-order valence-corrected chi connectivity index (χ1v) is 6.53. The molecule has 0 saturated heterocycles. The van der Waals surface area contributed by atoms with E-state index >= 15 is 0 Å². The second-order valence-electron chi connectivity index (χ2n) is 4.50. The zero-order chi connectivity index (χ0) is 12.1. The molecule has 1 aromatic rings. The number of anilines is 2. The molecule has 1 aliphatic heterocycles. The molecule has 1 aliphatic rings. The summed E-state index contributed by atoms with van der Waals surface area (Å²) >= 11 is 0. The zero-order valence-corrected chi connectivity index (χ0v) is 10.6. The van der Waals surface area contributed by atoms with Crippen LogP contribution >= 0.6 is 0 Å². The molecule has 0 aliphatic carbocycles. The SMILES string of the molecule is CCOCCCN1CCCc2cccc(N)c21. The predicted octanol–water partition coefficient (Wildman–Crippen LogP) is 2.45. The lowest BCUT2D eigenvalue weighted by molar-refractivity contribution is 0.146. The molecule has 0 spiro atoms. The third-order valence-corrected chi connectivity index (χ3v) is 3.26. The lowest BCUT2D eigenvalue weighted by atomic mass is 10.0. The molecule has 3 heteroatoms. The van der Waals surface area contributed by atoms with Gasteiger partial charge in [-0.15, -0.1) is 0 Å². The van der Waals surface area contributed by atoms with E-state index in [2.05, 4.69) is 17.0 Å². The number of nitrogen functional groups attached to an aromatic ring is 1. The van der Waals surface area contributed by atoms with Crippen LogP contribution in [0.25, 0.3) is 0 Å². The number of nitrogens with two attached hydrogens (primary N) is 1. The van der Waals surface area contributed by atoms with Crippen LogP contribution in [0.15, 0.2) is 18.2 Å². The Labute approximate surface area is 104 Å². The van der Waals surface area contributed by atoms with Crippen molar-refractivity contribution < 1.29 is 4.74 Å². The fourth-order valence-corrected chi connectivity index (χ4v) is 2.50. The normalized spacial score (nSPS) is 14.8. The topological polar surface area (TPSA) is 38.5 Å². The molecule has 1 aromatic carbocycles. The molecule has 0 unspecified atom stereocenters. The maximum Gasteiger partial charge on any atom is 0.0632 e. The van der Waals surface area contributed by atoms with Crippen molar-refractivity contribution in [3.8, 4) is 0 Å². The van der Waals surface area contributed by atoms with E-state index in [9.17, 15) is 0 Å². The van der Waals surface area contributed by atoms with Crippen LogP contribution in [-0.2, 0) is 11.2 Å². The highest BCUT2D eigenvalue weighted by molar-refractivity contribution is 5.72. The Morgan fingerprint density at radius 2 is 2.29 bits per heavy atom. The number of para-hydroxylation sites is 1. The number of hydrogen-bond donors (Lipinski definition) is 1. The van der Waals surface area contributed by atoms with Gasteiger partial charge in [-0.05, 0) is 37.8 Å². The van der Waals surface area contributed by atoms with Crippen molar-refractivity contribution in [1.82, 2.24) is 0 Å². The average molecular weight is 234 g/mol. The van der Waals surface area contributed by atoms with Gasteiger partial charge in [0.25, 0.3) is 0 Å². The van der Waals surface area contributed by atoms with Crippen LogP contribution in [0.2, 0.25) is 0 Å². The minimum Gasteiger partial charge on any atom is -0.397 e. The summed E-state index contributed by atoms with van der Waals surface area (Å²) in [6, 6.07) is 6.25. The zero-order valence-electron chi connectivity index (χ0n) is 10.6. The summed E-state index contributed by atoms with van der Waals surface area (Å²) in [5, 5.41) is 0. The number of rotatable bonds is 5. The van der Waals surface area contributed by atoms with E-state index in [1.54, 1.807) is 0 Å². The molecular formula is C14H22N2O. The minimum absolute atomic E-state index is 0.804. The van der Waals surface area contributed by atoms with Gasteiger partial charge in [0.1, 0.15) is 0 Å². The lowest BCUT2D eigenvalue weighted by Gasteiger charge is -2.32. The van der Waals surface area contributed by atoms with Crippen molar-refractivity contribution in [2.45, 2.75) is 26.2 Å². The summed E-state index contributed by atoms with van der Waals surface area (Å²) in [7, 11) is 0. The van der Waals surface area contributed by atoms with Gasteiger partial charge in [-0.2, -0.15) is 0 Å². The van der Waals surface area contributed by atoms with E-state index in [-0.39, 0.29) is 0 Å². The molecule has 0 atom stereocenters.